The van der Waals surface area contributed by atoms with Gasteiger partial charge in [-0.05, 0) is 45.4 Å². The summed E-state index contributed by atoms with van der Waals surface area (Å²) in [5.74, 6) is -0.721. The number of rotatable bonds is 14. The number of nitrogens with one attached hydrogen (secondary N) is 1. The summed E-state index contributed by atoms with van der Waals surface area (Å²) in [6.07, 6.45) is -5.09. The van der Waals surface area contributed by atoms with Crippen molar-refractivity contribution in [1.82, 2.24) is 24.6 Å². The molecule has 0 saturated carbocycles. The van der Waals surface area contributed by atoms with Crippen LogP contribution >= 0.6 is 7.75 Å². The summed E-state index contributed by atoms with van der Waals surface area (Å²) in [5.41, 5.74) is 4.25. The molecule has 0 amide bonds. The molecule has 268 valence electrons. The Hall–Kier alpha value is -4.83. The third-order valence-corrected chi connectivity index (χ3v) is 9.03. The van der Waals surface area contributed by atoms with Gasteiger partial charge in [-0.2, -0.15) is 15.1 Å². The molecule has 2 aromatic carbocycles. The van der Waals surface area contributed by atoms with Gasteiger partial charge in [0.1, 0.15) is 24.5 Å². The molecule has 1 aliphatic heterocycles. The van der Waals surface area contributed by atoms with Gasteiger partial charge in [-0.1, -0.05) is 48.5 Å². The van der Waals surface area contributed by atoms with E-state index in [-0.39, 0.29) is 35.3 Å². The van der Waals surface area contributed by atoms with Crippen molar-refractivity contribution in [2.24, 2.45) is 0 Å². The van der Waals surface area contributed by atoms with Gasteiger partial charge in [-0.25, -0.2) is 18.7 Å². The van der Waals surface area contributed by atoms with Crippen LogP contribution in [0.3, 0.4) is 0 Å². The Kier molecular flexibility index (Phi) is 11.2. The summed E-state index contributed by atoms with van der Waals surface area (Å²) < 4.78 is 71.4. The number of hydrogen-bond donors (Lipinski definition) is 2. The van der Waals surface area contributed by atoms with Crippen molar-refractivity contribution in [3.63, 3.8) is 0 Å². The molecule has 0 radical (unpaired) electrons. The summed E-state index contributed by atoms with van der Waals surface area (Å²) in [4.78, 5) is 38.0. The number of nitrogen functional groups attached to an aromatic ring is 1. The van der Waals surface area contributed by atoms with Gasteiger partial charge in [-0.15, -0.1) is 0 Å². The van der Waals surface area contributed by atoms with E-state index in [2.05, 4.69) is 20.0 Å². The first-order valence-corrected chi connectivity index (χ1v) is 17.1. The molecule has 1 fully saturated rings. The van der Waals surface area contributed by atoms with Crippen molar-refractivity contribution in [2.45, 2.75) is 70.6 Å². The van der Waals surface area contributed by atoms with Gasteiger partial charge in [0.15, 0.2) is 29.2 Å². The monoisotopic (exact) mass is 716 g/mol. The third kappa shape index (κ3) is 8.48. The molecule has 18 heteroatoms. The van der Waals surface area contributed by atoms with Crippen molar-refractivity contribution in [2.75, 3.05) is 19.5 Å². The fourth-order valence-electron chi connectivity index (χ4n) is 5.11. The Morgan fingerprint density at radius 1 is 1.10 bits per heavy atom. The molecule has 0 spiro atoms. The van der Waals surface area contributed by atoms with Crippen molar-refractivity contribution < 1.29 is 51.3 Å². The highest BCUT2D eigenvalue weighted by Gasteiger charge is 2.59. The highest BCUT2D eigenvalue weighted by molar-refractivity contribution is 7.52. The van der Waals surface area contributed by atoms with Crippen LogP contribution in [0.4, 0.5) is 15.1 Å². The minimum absolute atomic E-state index is 0.0390. The molecule has 50 heavy (non-hydrogen) atoms. The normalized spacial score (nSPS) is 22.1. The average molecular weight is 717 g/mol. The Labute approximate surface area is 286 Å². The Morgan fingerprint density at radius 3 is 2.44 bits per heavy atom. The molecule has 3 heterocycles. The Bertz CT molecular complexity index is 1830. The number of alkyl halides is 1. The second kappa shape index (κ2) is 15.4. The van der Waals surface area contributed by atoms with Crippen LogP contribution in [-0.4, -0.2) is 75.4 Å². The molecule has 2 aromatic heterocycles. The number of ether oxygens (including phenoxy) is 5. The lowest BCUT2D eigenvalue weighted by molar-refractivity contribution is -0.149. The predicted molar refractivity (Wildman–Crippen MR) is 176 cm³/mol. The maximum atomic E-state index is 17.0. The molecular weight excluding hydrogens is 678 g/mol. The zero-order valence-corrected chi connectivity index (χ0v) is 28.8. The van der Waals surface area contributed by atoms with Gasteiger partial charge < -0.3 is 33.9 Å². The number of anilines is 1. The van der Waals surface area contributed by atoms with Crippen LogP contribution in [0.15, 0.2) is 67.0 Å². The van der Waals surface area contributed by atoms with Gasteiger partial charge in [-0.3, -0.25) is 13.9 Å². The SMILES string of the molecule is COc1nc(N)nc2c1ncn2C1OC(COP(=O)(N[C@@H](C)C(=O)OC(C)C)Oc2ccccc2)[C@@H](OC(=O)OCc2ccccc2)[C@@]1(C)F. The third-order valence-electron chi connectivity index (χ3n) is 7.39. The number of fused-ring (bicyclic) bond motifs is 1. The summed E-state index contributed by atoms with van der Waals surface area (Å²) in [6, 6.07) is 15.7. The van der Waals surface area contributed by atoms with Gasteiger partial charge in [0.25, 0.3) is 0 Å². The topological polar surface area (TPSA) is 197 Å². The number of nitrogens with zero attached hydrogens (tertiary/aromatic N) is 4. The summed E-state index contributed by atoms with van der Waals surface area (Å²) in [5, 5.41) is 2.56. The number of nitrogens with two attached hydrogens (primary N) is 1. The van der Waals surface area contributed by atoms with Crippen LogP contribution in [0.25, 0.3) is 11.2 Å². The number of esters is 1. The zero-order valence-electron chi connectivity index (χ0n) is 27.9. The molecule has 3 N–H and O–H groups in total. The molecule has 1 saturated heterocycles. The van der Waals surface area contributed by atoms with Gasteiger partial charge in [0, 0.05) is 0 Å². The molecule has 5 rings (SSSR count). The molecule has 4 aromatic rings. The van der Waals surface area contributed by atoms with Crippen LogP contribution in [0.5, 0.6) is 11.6 Å². The number of imidazole rings is 1. The summed E-state index contributed by atoms with van der Waals surface area (Å²) in [6.45, 7) is 5.06. The van der Waals surface area contributed by atoms with Crippen LogP contribution < -0.4 is 20.1 Å². The first-order valence-electron chi connectivity index (χ1n) is 15.5. The van der Waals surface area contributed by atoms with Crippen LogP contribution in [0, 0.1) is 0 Å². The van der Waals surface area contributed by atoms with E-state index < -0.39 is 62.7 Å². The van der Waals surface area contributed by atoms with E-state index in [1.165, 1.54) is 37.1 Å². The molecule has 0 bridgehead atoms. The maximum Gasteiger partial charge on any atom is 0.509 e. The average Bonchev–Trinajstić information content (AvgIpc) is 3.60. The fraction of sp³-hybridized carbons (Fsp3) is 0.406. The predicted octanol–water partition coefficient (Wildman–Crippen LogP) is 4.90. The van der Waals surface area contributed by atoms with Gasteiger partial charge in [0.05, 0.1) is 26.1 Å². The van der Waals surface area contributed by atoms with E-state index in [9.17, 15) is 14.2 Å². The van der Waals surface area contributed by atoms with Crippen molar-refractivity contribution in [3.05, 3.63) is 72.6 Å². The lowest BCUT2D eigenvalue weighted by Crippen LogP contribution is -2.44. The Morgan fingerprint density at radius 2 is 1.78 bits per heavy atom. The van der Waals surface area contributed by atoms with E-state index in [4.69, 9.17) is 38.5 Å². The summed E-state index contributed by atoms with van der Waals surface area (Å²) in [7, 11) is -3.08. The molecule has 0 aliphatic carbocycles. The largest absolute Gasteiger partial charge is 0.509 e. The van der Waals surface area contributed by atoms with Crippen molar-refractivity contribution >= 4 is 37.0 Å². The van der Waals surface area contributed by atoms with E-state index in [1.54, 1.807) is 62.4 Å². The van der Waals surface area contributed by atoms with Gasteiger partial charge in [0.2, 0.25) is 11.8 Å². The van der Waals surface area contributed by atoms with Crippen LogP contribution in [-0.2, 0) is 39.4 Å². The fourth-order valence-corrected chi connectivity index (χ4v) is 6.61. The van der Waals surface area contributed by atoms with Crippen LogP contribution in [0.1, 0.15) is 39.5 Å². The Balaban J connectivity index is 1.44. The maximum absolute atomic E-state index is 17.0. The standard InChI is InChI=1S/C32H38FN6O10P/c1-19(2)46-28(40)20(3)38-50(42,49-22-14-10-7-11-15-22)45-17-23-25(48-31(41)44-16-21-12-8-6-9-13-21)32(4,33)29(47-23)39-18-35-24-26(39)36-30(34)37-27(24)43-5/h6-15,18-20,23,25,29H,16-17H2,1-5H3,(H,38,42)(H2,34,36,37)/t20-,23?,25+,29?,32+,50?/m0/s1. The number of aromatic nitrogens is 4. The number of hydrogen-bond acceptors (Lipinski definition) is 14. The number of halogens is 1. The number of carbonyl (C=O) groups is 2. The van der Waals surface area contributed by atoms with E-state index in [0.717, 1.165) is 6.92 Å². The van der Waals surface area contributed by atoms with Crippen molar-refractivity contribution in [1.29, 1.82) is 0 Å². The first-order chi connectivity index (χ1) is 23.8. The van der Waals surface area contributed by atoms with Crippen LogP contribution in [0.2, 0.25) is 0 Å². The highest BCUT2D eigenvalue weighted by Crippen LogP contribution is 2.49. The molecule has 16 nitrogen and oxygen atoms in total. The van der Waals surface area contributed by atoms with E-state index >= 15 is 4.39 Å². The van der Waals surface area contributed by atoms with Crippen molar-refractivity contribution in [3.8, 4) is 11.6 Å². The molecule has 3 unspecified atom stereocenters. The smallest absolute Gasteiger partial charge is 0.479 e. The van der Waals surface area contributed by atoms with E-state index in [1.807, 2.05) is 0 Å². The second-order valence-electron chi connectivity index (χ2n) is 11.7. The zero-order chi connectivity index (χ0) is 36.1. The molecule has 1 aliphatic rings. The number of methoxy groups -OCH3 is 1. The summed E-state index contributed by atoms with van der Waals surface area (Å²) >= 11 is 0. The lowest BCUT2D eigenvalue weighted by Gasteiger charge is -2.28. The second-order valence-corrected chi connectivity index (χ2v) is 13.4. The van der Waals surface area contributed by atoms with Gasteiger partial charge >= 0.3 is 19.9 Å². The number of benzene rings is 2. The minimum Gasteiger partial charge on any atom is -0.479 e. The molecule has 6 atom stereocenters. The lowest BCUT2D eigenvalue weighted by atomic mass is 9.98. The quantitative estimate of drug-likeness (QED) is 0.132. The number of para-hydroxylation sites is 1. The molecular formula is C32H38FN6O10P. The number of carbonyl (C=O) groups excluding carboxylic acids is 2. The van der Waals surface area contributed by atoms with E-state index in [0.29, 0.717) is 5.56 Å². The highest BCUT2D eigenvalue weighted by atomic mass is 31.2. The minimum atomic E-state index is -4.44. The first kappa shape index (κ1) is 36.5.